The van der Waals surface area contributed by atoms with Crippen molar-refractivity contribution in [3.8, 4) is 12.0 Å². The van der Waals surface area contributed by atoms with Crippen LogP contribution in [-0.4, -0.2) is 35.1 Å². The van der Waals surface area contributed by atoms with E-state index in [0.29, 0.717) is 5.82 Å². The van der Waals surface area contributed by atoms with Gasteiger partial charge in [-0.2, -0.15) is 9.97 Å². The molecule has 0 aromatic carbocycles. The summed E-state index contributed by atoms with van der Waals surface area (Å²) in [6.07, 6.45) is 5.42. The number of ether oxygens (including phenoxy) is 2. The molecule has 1 saturated carbocycles. The molecule has 2 rings (SSSR count). The molecule has 0 bridgehead atoms. The third-order valence-electron chi connectivity index (χ3n) is 3.40. The average Bonchev–Trinajstić information content (AvgIpc) is 2.53. The summed E-state index contributed by atoms with van der Waals surface area (Å²) in [5.74, 6) is 0.621. The Morgan fingerprint density at radius 2 is 1.70 bits per heavy atom. The van der Waals surface area contributed by atoms with Gasteiger partial charge in [-0.05, 0) is 12.8 Å². The first kappa shape index (κ1) is 14.5. The van der Waals surface area contributed by atoms with Crippen LogP contribution in [0.1, 0.15) is 37.9 Å². The highest BCUT2D eigenvalue weighted by Crippen LogP contribution is 2.23. The van der Waals surface area contributed by atoms with Crippen LogP contribution in [0.5, 0.6) is 12.0 Å². The fourth-order valence-corrected chi connectivity index (χ4v) is 2.31. The number of carbonyl (C=O) groups is 1. The summed E-state index contributed by atoms with van der Waals surface area (Å²) in [5, 5.41) is 2.87. The smallest absolute Gasteiger partial charge is 0.322 e. The van der Waals surface area contributed by atoms with Gasteiger partial charge in [-0.3, -0.25) is 4.79 Å². The molecule has 110 valence electrons. The van der Waals surface area contributed by atoms with E-state index in [1.165, 1.54) is 20.6 Å². The second-order valence-corrected chi connectivity index (χ2v) is 4.78. The highest BCUT2D eigenvalue weighted by Gasteiger charge is 2.21. The Bertz CT molecular complexity index is 439. The predicted octanol–water partition coefficient (Wildman–Crippen LogP) is 1.09. The number of methoxy groups -OCH3 is 2. The number of hydrogen-bond acceptors (Lipinski definition) is 6. The zero-order chi connectivity index (χ0) is 14.4. The van der Waals surface area contributed by atoms with E-state index in [1.54, 1.807) is 0 Å². The molecule has 0 unspecified atom stereocenters. The summed E-state index contributed by atoms with van der Waals surface area (Å²) in [4.78, 5) is 24.1. The third-order valence-corrected chi connectivity index (χ3v) is 3.40. The van der Waals surface area contributed by atoms with Crippen LogP contribution in [0.25, 0.3) is 0 Å². The summed E-state index contributed by atoms with van der Waals surface area (Å²) in [6, 6.07) is 0.359. The Labute approximate surface area is 118 Å². The van der Waals surface area contributed by atoms with Crippen LogP contribution >= 0.6 is 0 Å². The molecule has 1 aliphatic rings. The van der Waals surface area contributed by atoms with Crippen LogP contribution in [0.4, 0.5) is 0 Å². The van der Waals surface area contributed by atoms with Crippen molar-refractivity contribution in [3.05, 3.63) is 5.82 Å². The molecule has 0 spiro atoms. The molecule has 0 aliphatic heterocycles. The molecule has 7 nitrogen and oxygen atoms in total. The Morgan fingerprint density at radius 3 is 2.25 bits per heavy atom. The maximum absolute atomic E-state index is 12.0. The lowest BCUT2D eigenvalue weighted by Crippen LogP contribution is -2.32. The molecule has 1 amide bonds. The molecule has 1 aromatic heterocycles. The van der Waals surface area contributed by atoms with Crippen molar-refractivity contribution in [1.82, 2.24) is 20.3 Å². The van der Waals surface area contributed by atoms with Gasteiger partial charge >= 0.3 is 12.0 Å². The number of nitrogens with one attached hydrogen (secondary N) is 1. The van der Waals surface area contributed by atoms with E-state index < -0.39 is 0 Å². The molecular formula is C13H20N4O3. The topological polar surface area (TPSA) is 86.2 Å². The first-order valence-electron chi connectivity index (χ1n) is 6.83. The van der Waals surface area contributed by atoms with Gasteiger partial charge in [0.1, 0.15) is 0 Å². The minimum absolute atomic E-state index is 0.0723. The van der Waals surface area contributed by atoms with Gasteiger partial charge in [0.05, 0.1) is 20.8 Å². The van der Waals surface area contributed by atoms with Gasteiger partial charge in [0.15, 0.2) is 5.82 Å². The van der Waals surface area contributed by atoms with Crippen LogP contribution in [0.2, 0.25) is 0 Å². The Hall–Kier alpha value is -1.92. The van der Waals surface area contributed by atoms with Crippen molar-refractivity contribution in [2.24, 2.45) is 5.92 Å². The maximum Gasteiger partial charge on any atom is 0.322 e. The van der Waals surface area contributed by atoms with Crippen molar-refractivity contribution in [3.63, 3.8) is 0 Å². The van der Waals surface area contributed by atoms with Gasteiger partial charge in [0, 0.05) is 5.92 Å². The van der Waals surface area contributed by atoms with Crippen LogP contribution in [0, 0.1) is 5.92 Å². The van der Waals surface area contributed by atoms with Crippen LogP contribution in [-0.2, 0) is 11.3 Å². The molecule has 1 fully saturated rings. The Kier molecular flexibility index (Phi) is 5.09. The van der Waals surface area contributed by atoms with Crippen molar-refractivity contribution in [1.29, 1.82) is 0 Å². The lowest BCUT2D eigenvalue weighted by Gasteiger charge is -2.20. The fourth-order valence-electron chi connectivity index (χ4n) is 2.31. The first-order chi connectivity index (χ1) is 9.72. The van der Waals surface area contributed by atoms with Gasteiger partial charge in [-0.15, -0.1) is 4.98 Å². The van der Waals surface area contributed by atoms with Gasteiger partial charge in [0.2, 0.25) is 5.91 Å². The average molecular weight is 280 g/mol. The molecule has 1 N–H and O–H groups in total. The minimum atomic E-state index is 0.0723. The summed E-state index contributed by atoms with van der Waals surface area (Å²) < 4.78 is 9.93. The largest absolute Gasteiger partial charge is 0.467 e. The van der Waals surface area contributed by atoms with E-state index in [2.05, 4.69) is 20.3 Å². The summed E-state index contributed by atoms with van der Waals surface area (Å²) >= 11 is 0. The van der Waals surface area contributed by atoms with E-state index in [0.717, 1.165) is 25.7 Å². The monoisotopic (exact) mass is 280 g/mol. The van der Waals surface area contributed by atoms with Crippen LogP contribution < -0.4 is 14.8 Å². The molecule has 1 heterocycles. The maximum atomic E-state index is 12.0. The van der Waals surface area contributed by atoms with E-state index in [9.17, 15) is 4.79 Å². The second kappa shape index (κ2) is 7.02. The quantitative estimate of drug-likeness (QED) is 0.868. The Morgan fingerprint density at radius 1 is 1.10 bits per heavy atom. The predicted molar refractivity (Wildman–Crippen MR) is 71.4 cm³/mol. The lowest BCUT2D eigenvalue weighted by molar-refractivity contribution is -0.126. The van der Waals surface area contributed by atoms with Crippen molar-refractivity contribution >= 4 is 5.91 Å². The standard InChI is InChI=1S/C13H20N4O3/c1-19-12-15-10(16-13(17-12)20-2)8-14-11(18)9-6-4-3-5-7-9/h9H,3-8H2,1-2H3,(H,14,18). The zero-order valence-corrected chi connectivity index (χ0v) is 11.9. The molecule has 0 atom stereocenters. The molecule has 1 aliphatic carbocycles. The van der Waals surface area contributed by atoms with E-state index >= 15 is 0 Å². The SMILES string of the molecule is COc1nc(CNC(=O)C2CCCCC2)nc(OC)n1. The van der Waals surface area contributed by atoms with Crippen molar-refractivity contribution in [2.75, 3.05) is 14.2 Å². The van der Waals surface area contributed by atoms with Crippen LogP contribution in [0.3, 0.4) is 0 Å². The summed E-state index contributed by atoms with van der Waals surface area (Å²) in [7, 11) is 2.94. The number of rotatable bonds is 5. The van der Waals surface area contributed by atoms with Crippen molar-refractivity contribution in [2.45, 2.75) is 38.6 Å². The van der Waals surface area contributed by atoms with E-state index in [1.807, 2.05) is 0 Å². The molecular weight excluding hydrogens is 260 g/mol. The number of hydrogen-bond donors (Lipinski definition) is 1. The number of nitrogens with zero attached hydrogens (tertiary/aromatic N) is 3. The summed E-state index contributed by atoms with van der Waals surface area (Å²) in [6.45, 7) is 0.255. The van der Waals surface area contributed by atoms with Gasteiger partial charge in [-0.1, -0.05) is 19.3 Å². The molecule has 1 aromatic rings. The normalized spacial score (nSPS) is 15.7. The number of amides is 1. The number of carbonyl (C=O) groups excluding carboxylic acids is 1. The van der Waals surface area contributed by atoms with Gasteiger partial charge in [0.25, 0.3) is 0 Å². The van der Waals surface area contributed by atoms with Gasteiger partial charge in [-0.25, -0.2) is 0 Å². The van der Waals surface area contributed by atoms with E-state index in [4.69, 9.17) is 9.47 Å². The van der Waals surface area contributed by atoms with Crippen LogP contribution in [0.15, 0.2) is 0 Å². The zero-order valence-electron chi connectivity index (χ0n) is 11.9. The Balaban J connectivity index is 1.94. The molecule has 0 radical (unpaired) electrons. The third kappa shape index (κ3) is 3.79. The van der Waals surface area contributed by atoms with Crippen molar-refractivity contribution < 1.29 is 14.3 Å². The molecule has 20 heavy (non-hydrogen) atoms. The first-order valence-corrected chi connectivity index (χ1v) is 6.83. The number of aromatic nitrogens is 3. The molecule has 0 saturated heterocycles. The highest BCUT2D eigenvalue weighted by molar-refractivity contribution is 5.78. The minimum Gasteiger partial charge on any atom is -0.467 e. The molecule has 7 heteroatoms. The second-order valence-electron chi connectivity index (χ2n) is 4.78. The fraction of sp³-hybridized carbons (Fsp3) is 0.692. The highest BCUT2D eigenvalue weighted by atomic mass is 16.5. The lowest BCUT2D eigenvalue weighted by atomic mass is 9.89. The van der Waals surface area contributed by atoms with Gasteiger partial charge < -0.3 is 14.8 Å². The summed E-state index contributed by atoms with van der Waals surface area (Å²) in [5.41, 5.74) is 0. The van der Waals surface area contributed by atoms with E-state index in [-0.39, 0.29) is 30.4 Å².